The third kappa shape index (κ3) is 2.57. The third-order valence-electron chi connectivity index (χ3n) is 2.74. The van der Waals surface area contributed by atoms with Crippen LogP contribution in [0.2, 0.25) is 0 Å². The van der Waals surface area contributed by atoms with E-state index in [1.54, 1.807) is 23.0 Å². The van der Waals surface area contributed by atoms with E-state index >= 15 is 0 Å². The molecular formula is C13H12FN5O. The lowest BCUT2D eigenvalue weighted by Gasteiger charge is -1.95. The van der Waals surface area contributed by atoms with Gasteiger partial charge in [0.1, 0.15) is 17.8 Å². The molecule has 2 heterocycles. The Bertz CT molecular complexity index is 721. The Morgan fingerprint density at radius 2 is 2.20 bits per heavy atom. The molecular weight excluding hydrogens is 261 g/mol. The molecule has 0 saturated carbocycles. The van der Waals surface area contributed by atoms with Crippen LogP contribution in [0.1, 0.15) is 11.4 Å². The largest absolute Gasteiger partial charge is 0.444 e. The first-order chi connectivity index (χ1) is 9.74. The molecule has 0 atom stereocenters. The van der Waals surface area contributed by atoms with E-state index in [0.29, 0.717) is 35.9 Å². The van der Waals surface area contributed by atoms with Crippen LogP contribution >= 0.6 is 0 Å². The minimum atomic E-state index is -0.328. The lowest BCUT2D eigenvalue weighted by Crippen LogP contribution is -2.00. The second-order valence-electron chi connectivity index (χ2n) is 4.27. The predicted octanol–water partition coefficient (Wildman–Crippen LogP) is 1.58. The summed E-state index contributed by atoms with van der Waals surface area (Å²) in [5.74, 6) is 0.0461. The van der Waals surface area contributed by atoms with Gasteiger partial charge in [0, 0.05) is 12.1 Å². The van der Waals surface area contributed by atoms with Gasteiger partial charge in [0.15, 0.2) is 0 Å². The zero-order chi connectivity index (χ0) is 13.9. The molecule has 20 heavy (non-hydrogen) atoms. The SMILES string of the molecule is NCc1cn(Cc2coc(-c3cccc(F)c3)n2)nn1. The van der Waals surface area contributed by atoms with E-state index in [1.807, 2.05) is 0 Å². The van der Waals surface area contributed by atoms with Gasteiger partial charge in [-0.1, -0.05) is 11.3 Å². The number of nitrogens with zero attached hydrogens (tertiary/aromatic N) is 4. The topological polar surface area (TPSA) is 82.8 Å². The second kappa shape index (κ2) is 5.22. The molecule has 7 heteroatoms. The second-order valence-corrected chi connectivity index (χ2v) is 4.27. The number of oxazole rings is 1. The Morgan fingerprint density at radius 3 is 2.95 bits per heavy atom. The smallest absolute Gasteiger partial charge is 0.226 e. The highest BCUT2D eigenvalue weighted by Crippen LogP contribution is 2.19. The van der Waals surface area contributed by atoms with Gasteiger partial charge in [-0.25, -0.2) is 14.1 Å². The highest BCUT2D eigenvalue weighted by atomic mass is 19.1. The number of nitrogens with two attached hydrogens (primary N) is 1. The standard InChI is InChI=1S/C13H12FN5O/c14-10-3-1-2-9(4-10)13-16-12(8-20-13)7-19-6-11(5-15)17-18-19/h1-4,6,8H,5,7,15H2. The van der Waals surface area contributed by atoms with Crippen molar-refractivity contribution in [2.24, 2.45) is 5.73 Å². The van der Waals surface area contributed by atoms with Crippen molar-refractivity contribution < 1.29 is 8.81 Å². The molecule has 2 aromatic heterocycles. The third-order valence-corrected chi connectivity index (χ3v) is 2.74. The van der Waals surface area contributed by atoms with E-state index in [1.165, 1.54) is 18.4 Å². The normalized spacial score (nSPS) is 10.9. The molecule has 0 bridgehead atoms. The Balaban J connectivity index is 1.80. The molecule has 102 valence electrons. The molecule has 6 nitrogen and oxygen atoms in total. The summed E-state index contributed by atoms with van der Waals surface area (Å²) in [5, 5.41) is 7.81. The Hall–Kier alpha value is -2.54. The molecule has 0 saturated heterocycles. The highest BCUT2D eigenvalue weighted by Gasteiger charge is 2.09. The van der Waals surface area contributed by atoms with Crippen molar-refractivity contribution in [3.63, 3.8) is 0 Å². The lowest BCUT2D eigenvalue weighted by molar-refractivity contribution is 0.566. The number of rotatable bonds is 4. The van der Waals surface area contributed by atoms with Gasteiger partial charge in [-0.3, -0.25) is 0 Å². The summed E-state index contributed by atoms with van der Waals surface area (Å²) in [4.78, 5) is 4.30. The lowest BCUT2D eigenvalue weighted by atomic mass is 10.2. The quantitative estimate of drug-likeness (QED) is 0.780. The molecule has 0 fully saturated rings. The fraction of sp³-hybridized carbons (Fsp3) is 0.154. The van der Waals surface area contributed by atoms with Gasteiger partial charge in [0.2, 0.25) is 5.89 Å². The first-order valence-electron chi connectivity index (χ1n) is 6.04. The minimum Gasteiger partial charge on any atom is -0.444 e. The maximum Gasteiger partial charge on any atom is 0.226 e. The molecule has 3 rings (SSSR count). The van der Waals surface area contributed by atoms with Gasteiger partial charge in [0.25, 0.3) is 0 Å². The average molecular weight is 273 g/mol. The van der Waals surface area contributed by atoms with Crippen molar-refractivity contribution >= 4 is 0 Å². The molecule has 1 aromatic carbocycles. The van der Waals surface area contributed by atoms with Crippen molar-refractivity contribution in [2.75, 3.05) is 0 Å². The first-order valence-corrected chi connectivity index (χ1v) is 6.04. The number of halogens is 1. The van der Waals surface area contributed by atoms with Crippen LogP contribution in [-0.2, 0) is 13.1 Å². The fourth-order valence-corrected chi connectivity index (χ4v) is 1.81. The molecule has 3 aromatic rings. The molecule has 0 amide bonds. The van der Waals surface area contributed by atoms with E-state index in [2.05, 4.69) is 15.3 Å². The highest BCUT2D eigenvalue weighted by molar-refractivity contribution is 5.52. The minimum absolute atomic E-state index is 0.328. The monoisotopic (exact) mass is 273 g/mol. The average Bonchev–Trinajstić information content (AvgIpc) is 3.08. The Morgan fingerprint density at radius 1 is 1.30 bits per heavy atom. The van der Waals surface area contributed by atoms with Crippen LogP contribution in [0.4, 0.5) is 4.39 Å². The van der Waals surface area contributed by atoms with Gasteiger partial charge < -0.3 is 10.2 Å². The van der Waals surface area contributed by atoms with Crippen LogP contribution in [0.3, 0.4) is 0 Å². The molecule has 2 N–H and O–H groups in total. The van der Waals surface area contributed by atoms with Crippen LogP contribution in [0.5, 0.6) is 0 Å². The summed E-state index contributed by atoms with van der Waals surface area (Å²) < 4.78 is 20.1. The zero-order valence-electron chi connectivity index (χ0n) is 10.5. The van der Waals surface area contributed by atoms with E-state index in [0.717, 1.165) is 0 Å². The number of benzene rings is 1. The molecule has 0 radical (unpaired) electrons. The summed E-state index contributed by atoms with van der Waals surface area (Å²) in [6.07, 6.45) is 3.26. The van der Waals surface area contributed by atoms with E-state index in [-0.39, 0.29) is 5.82 Å². The molecule has 0 aliphatic carbocycles. The van der Waals surface area contributed by atoms with Crippen LogP contribution in [0.25, 0.3) is 11.5 Å². The van der Waals surface area contributed by atoms with Crippen molar-refractivity contribution in [3.05, 3.63) is 53.9 Å². The molecule has 0 aliphatic heterocycles. The predicted molar refractivity (Wildman–Crippen MR) is 68.9 cm³/mol. The van der Waals surface area contributed by atoms with Crippen molar-refractivity contribution in [3.8, 4) is 11.5 Å². The summed E-state index contributed by atoms with van der Waals surface area (Å²) in [7, 11) is 0. The number of aromatic nitrogens is 4. The molecule has 0 spiro atoms. The van der Waals surface area contributed by atoms with Gasteiger partial charge in [-0.2, -0.15) is 0 Å². The zero-order valence-corrected chi connectivity index (χ0v) is 10.5. The summed E-state index contributed by atoms with van der Waals surface area (Å²) in [6, 6.07) is 6.09. The maximum atomic E-state index is 13.1. The van der Waals surface area contributed by atoms with Crippen molar-refractivity contribution in [2.45, 2.75) is 13.1 Å². The maximum absolute atomic E-state index is 13.1. The summed E-state index contributed by atoms with van der Waals surface area (Å²) in [5.41, 5.74) is 7.45. The number of hydrogen-bond donors (Lipinski definition) is 1. The van der Waals surface area contributed by atoms with Crippen molar-refractivity contribution in [1.29, 1.82) is 0 Å². The van der Waals surface area contributed by atoms with Crippen LogP contribution in [0, 0.1) is 5.82 Å². The molecule has 0 aliphatic rings. The molecule has 0 unspecified atom stereocenters. The van der Waals surface area contributed by atoms with Gasteiger partial charge in [-0.05, 0) is 18.2 Å². The van der Waals surface area contributed by atoms with E-state index < -0.39 is 0 Å². The van der Waals surface area contributed by atoms with Crippen LogP contribution in [-0.4, -0.2) is 20.0 Å². The van der Waals surface area contributed by atoms with E-state index in [4.69, 9.17) is 10.2 Å². The van der Waals surface area contributed by atoms with Crippen LogP contribution in [0.15, 0.2) is 41.1 Å². The van der Waals surface area contributed by atoms with Gasteiger partial charge >= 0.3 is 0 Å². The van der Waals surface area contributed by atoms with Gasteiger partial charge in [-0.15, -0.1) is 5.10 Å². The Labute approximate surface area is 114 Å². The van der Waals surface area contributed by atoms with Gasteiger partial charge in [0.05, 0.1) is 18.4 Å². The Kier molecular flexibility index (Phi) is 3.26. The number of hydrogen-bond acceptors (Lipinski definition) is 5. The first kappa shape index (κ1) is 12.5. The summed E-state index contributed by atoms with van der Waals surface area (Å²) in [6.45, 7) is 0.763. The van der Waals surface area contributed by atoms with Crippen molar-refractivity contribution in [1.82, 2.24) is 20.0 Å². The fourth-order valence-electron chi connectivity index (χ4n) is 1.81. The van der Waals surface area contributed by atoms with E-state index in [9.17, 15) is 4.39 Å². The summed E-state index contributed by atoms with van der Waals surface area (Å²) >= 11 is 0. The van der Waals surface area contributed by atoms with Crippen LogP contribution < -0.4 is 5.73 Å².